The second-order valence-electron chi connectivity index (χ2n) is 7.15. The molecule has 1 aliphatic rings. The Hall–Kier alpha value is -2.55. The molecule has 31 heavy (non-hydrogen) atoms. The third kappa shape index (κ3) is 5.03. The first kappa shape index (κ1) is 23.1. The monoisotopic (exact) mass is 463 g/mol. The quantitative estimate of drug-likeness (QED) is 0.525. The summed E-state index contributed by atoms with van der Waals surface area (Å²) in [6.07, 6.45) is 0. The predicted octanol–water partition coefficient (Wildman–Crippen LogP) is 4.10. The van der Waals surface area contributed by atoms with Crippen LogP contribution in [0.25, 0.3) is 10.2 Å². The van der Waals surface area contributed by atoms with Crippen molar-refractivity contribution in [2.24, 2.45) is 0 Å². The summed E-state index contributed by atoms with van der Waals surface area (Å²) in [4.78, 5) is 22.0. The number of thiazole rings is 1. The van der Waals surface area contributed by atoms with Crippen LogP contribution in [0.15, 0.2) is 36.4 Å². The highest BCUT2D eigenvalue weighted by Crippen LogP contribution is 2.36. The average Bonchev–Trinajstić information content (AvgIpc) is 3.18. The van der Waals surface area contributed by atoms with Crippen molar-refractivity contribution in [3.05, 3.63) is 42.0 Å². The van der Waals surface area contributed by atoms with Gasteiger partial charge in [-0.05, 0) is 51.4 Å². The Morgan fingerprint density at radius 3 is 2.65 bits per heavy atom. The van der Waals surface area contributed by atoms with Crippen molar-refractivity contribution in [3.8, 4) is 17.2 Å². The minimum absolute atomic E-state index is 0. The van der Waals surface area contributed by atoms with Crippen molar-refractivity contribution >= 4 is 45.0 Å². The van der Waals surface area contributed by atoms with E-state index >= 15 is 0 Å². The van der Waals surface area contributed by atoms with Crippen LogP contribution in [0, 0.1) is 0 Å². The van der Waals surface area contributed by atoms with Crippen molar-refractivity contribution in [1.82, 2.24) is 9.88 Å². The van der Waals surface area contributed by atoms with Crippen molar-refractivity contribution < 1.29 is 19.0 Å². The first-order valence-corrected chi connectivity index (χ1v) is 10.8. The number of ether oxygens (including phenoxy) is 3. The molecule has 0 fully saturated rings. The number of amides is 1. The molecule has 0 unspecified atom stereocenters. The number of hydrogen-bond donors (Lipinski definition) is 0. The van der Waals surface area contributed by atoms with Crippen LogP contribution >= 0.6 is 23.7 Å². The van der Waals surface area contributed by atoms with Gasteiger partial charge in [0.15, 0.2) is 16.6 Å². The van der Waals surface area contributed by atoms with E-state index in [9.17, 15) is 4.79 Å². The van der Waals surface area contributed by atoms with Gasteiger partial charge in [0.2, 0.25) is 0 Å². The van der Waals surface area contributed by atoms with Crippen LogP contribution in [0.2, 0.25) is 0 Å². The van der Waals surface area contributed by atoms with Crippen LogP contribution in [0.1, 0.15) is 17.3 Å². The Morgan fingerprint density at radius 2 is 1.90 bits per heavy atom. The zero-order chi connectivity index (χ0) is 21.1. The lowest BCUT2D eigenvalue weighted by Gasteiger charge is -2.23. The van der Waals surface area contributed by atoms with Crippen LogP contribution in [0.5, 0.6) is 17.2 Å². The zero-order valence-corrected chi connectivity index (χ0v) is 19.4. The molecule has 1 aliphatic heterocycles. The Bertz CT molecular complexity index is 1060. The molecule has 166 valence electrons. The molecule has 0 N–H and O–H groups in total. The summed E-state index contributed by atoms with van der Waals surface area (Å²) in [7, 11) is 3.97. The molecule has 4 rings (SSSR count). The molecule has 0 spiro atoms. The predicted molar refractivity (Wildman–Crippen MR) is 126 cm³/mol. The number of halogens is 1. The van der Waals surface area contributed by atoms with Crippen molar-refractivity contribution in [2.45, 2.75) is 6.92 Å². The van der Waals surface area contributed by atoms with E-state index in [-0.39, 0.29) is 18.3 Å². The molecular formula is C22H26ClN3O4S. The van der Waals surface area contributed by atoms with Gasteiger partial charge in [0.25, 0.3) is 5.91 Å². The van der Waals surface area contributed by atoms with Gasteiger partial charge in [0.1, 0.15) is 24.5 Å². The fourth-order valence-corrected chi connectivity index (χ4v) is 4.22. The number of anilines is 1. The third-order valence-corrected chi connectivity index (χ3v) is 5.75. The Labute approximate surface area is 191 Å². The molecule has 0 aliphatic carbocycles. The van der Waals surface area contributed by atoms with Gasteiger partial charge in [-0.1, -0.05) is 17.4 Å². The van der Waals surface area contributed by atoms with Crippen molar-refractivity contribution in [3.63, 3.8) is 0 Å². The van der Waals surface area contributed by atoms with E-state index in [1.165, 1.54) is 11.3 Å². The number of benzene rings is 2. The lowest BCUT2D eigenvalue weighted by molar-refractivity contribution is 0.0984. The van der Waals surface area contributed by atoms with E-state index in [1.54, 1.807) is 23.1 Å². The summed E-state index contributed by atoms with van der Waals surface area (Å²) in [6.45, 7) is 4.73. The molecule has 0 bridgehead atoms. The van der Waals surface area contributed by atoms with E-state index in [0.29, 0.717) is 55.1 Å². The molecule has 2 heterocycles. The summed E-state index contributed by atoms with van der Waals surface area (Å²) < 4.78 is 17.9. The topological polar surface area (TPSA) is 64.1 Å². The molecule has 3 aromatic rings. The van der Waals surface area contributed by atoms with Gasteiger partial charge in [0.05, 0.1) is 11.3 Å². The maximum atomic E-state index is 13.5. The maximum absolute atomic E-state index is 13.5. The standard InChI is InChI=1S/C22H25N3O4S.ClH/c1-4-27-17-6-5-7-19-20(17)23-22(30-19)25(11-10-24(2)3)21(26)15-8-9-16-18(14-15)29-13-12-28-16;/h5-9,14H,4,10-13H2,1-3H3;1H. The number of aromatic nitrogens is 1. The molecule has 0 radical (unpaired) electrons. The molecule has 0 saturated heterocycles. The normalized spacial score (nSPS) is 12.5. The highest BCUT2D eigenvalue weighted by molar-refractivity contribution is 7.22. The van der Waals surface area contributed by atoms with Crippen LogP contribution in [-0.4, -0.2) is 62.8 Å². The van der Waals surface area contributed by atoms with Crippen LogP contribution in [-0.2, 0) is 0 Å². The van der Waals surface area contributed by atoms with E-state index in [1.807, 2.05) is 44.1 Å². The number of carbonyl (C=O) groups is 1. The molecule has 0 atom stereocenters. The van der Waals surface area contributed by atoms with E-state index in [0.717, 1.165) is 16.0 Å². The molecule has 9 heteroatoms. The van der Waals surface area contributed by atoms with Crippen LogP contribution in [0.3, 0.4) is 0 Å². The fraction of sp³-hybridized carbons (Fsp3) is 0.364. The van der Waals surface area contributed by atoms with E-state index in [4.69, 9.17) is 19.2 Å². The largest absolute Gasteiger partial charge is 0.492 e. The maximum Gasteiger partial charge on any atom is 0.260 e. The number of carbonyl (C=O) groups excluding carboxylic acids is 1. The number of hydrogen-bond acceptors (Lipinski definition) is 7. The average molecular weight is 464 g/mol. The zero-order valence-electron chi connectivity index (χ0n) is 17.8. The van der Waals surface area contributed by atoms with Gasteiger partial charge in [-0.3, -0.25) is 9.69 Å². The number of likely N-dealkylation sites (N-methyl/N-ethyl adjacent to an activating group) is 1. The molecule has 1 amide bonds. The van der Waals surface area contributed by atoms with Crippen LogP contribution in [0.4, 0.5) is 5.13 Å². The first-order chi connectivity index (χ1) is 14.6. The van der Waals surface area contributed by atoms with Crippen LogP contribution < -0.4 is 19.1 Å². The Balaban J connectivity index is 0.00000272. The smallest absolute Gasteiger partial charge is 0.260 e. The van der Waals surface area contributed by atoms with Crippen molar-refractivity contribution in [2.75, 3.05) is 51.9 Å². The second kappa shape index (κ2) is 10.2. The van der Waals surface area contributed by atoms with Crippen molar-refractivity contribution in [1.29, 1.82) is 0 Å². The van der Waals surface area contributed by atoms with Gasteiger partial charge in [-0.15, -0.1) is 12.4 Å². The van der Waals surface area contributed by atoms with Gasteiger partial charge in [-0.25, -0.2) is 4.98 Å². The lowest BCUT2D eigenvalue weighted by Crippen LogP contribution is -2.36. The lowest BCUT2D eigenvalue weighted by atomic mass is 10.1. The summed E-state index contributed by atoms with van der Waals surface area (Å²) in [6, 6.07) is 11.2. The second-order valence-corrected chi connectivity index (χ2v) is 8.16. The number of rotatable bonds is 7. The number of nitrogens with zero attached hydrogens (tertiary/aromatic N) is 3. The van der Waals surface area contributed by atoms with Gasteiger partial charge >= 0.3 is 0 Å². The number of para-hydroxylation sites is 1. The first-order valence-electron chi connectivity index (χ1n) is 9.95. The van der Waals surface area contributed by atoms with Gasteiger partial charge < -0.3 is 19.1 Å². The highest BCUT2D eigenvalue weighted by Gasteiger charge is 2.24. The summed E-state index contributed by atoms with van der Waals surface area (Å²) in [5, 5.41) is 0.652. The summed E-state index contributed by atoms with van der Waals surface area (Å²) >= 11 is 1.49. The molecule has 0 saturated carbocycles. The Kier molecular flexibility index (Phi) is 7.59. The third-order valence-electron chi connectivity index (χ3n) is 4.71. The molecule has 1 aromatic heterocycles. The van der Waals surface area contributed by atoms with Gasteiger partial charge in [0, 0.05) is 18.7 Å². The minimum Gasteiger partial charge on any atom is -0.492 e. The fourth-order valence-electron chi connectivity index (χ4n) is 3.22. The SMILES string of the molecule is CCOc1cccc2sc(N(CCN(C)C)C(=O)c3ccc4c(c3)OCCO4)nc12.Cl. The molecule has 2 aromatic carbocycles. The van der Waals surface area contributed by atoms with E-state index < -0.39 is 0 Å². The van der Waals surface area contributed by atoms with E-state index in [2.05, 4.69) is 0 Å². The molecular weight excluding hydrogens is 438 g/mol. The minimum atomic E-state index is -0.120. The van der Waals surface area contributed by atoms with Gasteiger partial charge in [-0.2, -0.15) is 0 Å². The summed E-state index contributed by atoms with van der Waals surface area (Å²) in [5.41, 5.74) is 1.33. The summed E-state index contributed by atoms with van der Waals surface area (Å²) in [5.74, 6) is 1.88. The molecule has 7 nitrogen and oxygen atoms in total. The highest BCUT2D eigenvalue weighted by atomic mass is 35.5. The number of fused-ring (bicyclic) bond motifs is 2. The Morgan fingerprint density at radius 1 is 1.13 bits per heavy atom.